The summed E-state index contributed by atoms with van der Waals surface area (Å²) >= 11 is 1.64. The van der Waals surface area contributed by atoms with Gasteiger partial charge in [-0.1, -0.05) is 13.0 Å². The fourth-order valence-electron chi connectivity index (χ4n) is 1.46. The lowest BCUT2D eigenvalue weighted by atomic mass is 10.2. The van der Waals surface area contributed by atoms with Crippen LogP contribution in [0.15, 0.2) is 46.8 Å². The molecular formula is C15H15NO2S. The summed E-state index contributed by atoms with van der Waals surface area (Å²) in [4.78, 5) is 17.0. The predicted octanol–water partition coefficient (Wildman–Crippen LogP) is 4.07. The van der Waals surface area contributed by atoms with E-state index in [1.54, 1.807) is 23.5 Å². The minimum atomic E-state index is -0.282. The Balaban J connectivity index is 2.00. The van der Waals surface area contributed by atoms with E-state index in [9.17, 15) is 4.79 Å². The molecule has 0 saturated heterocycles. The summed E-state index contributed by atoms with van der Waals surface area (Å²) in [6.07, 6.45) is 2.64. The number of thiophene rings is 1. The molecule has 2 aromatic rings. The topological polar surface area (TPSA) is 38.7 Å². The summed E-state index contributed by atoms with van der Waals surface area (Å²) in [7, 11) is 0. The molecule has 1 aromatic heterocycles. The van der Waals surface area contributed by atoms with Gasteiger partial charge in [-0.25, -0.2) is 4.79 Å². The van der Waals surface area contributed by atoms with Crippen LogP contribution in [0.3, 0.4) is 0 Å². The van der Waals surface area contributed by atoms with Crippen LogP contribution in [-0.4, -0.2) is 18.8 Å². The number of ether oxygens (including phenoxy) is 1. The van der Waals surface area contributed by atoms with E-state index >= 15 is 0 Å². The lowest BCUT2D eigenvalue weighted by molar-refractivity contribution is 0.0505. The van der Waals surface area contributed by atoms with Gasteiger partial charge in [0.1, 0.15) is 0 Å². The van der Waals surface area contributed by atoms with Gasteiger partial charge < -0.3 is 4.74 Å². The highest BCUT2D eigenvalue weighted by molar-refractivity contribution is 7.11. The zero-order chi connectivity index (χ0) is 13.5. The molecule has 0 bridgehead atoms. The lowest BCUT2D eigenvalue weighted by Gasteiger charge is -2.02. The second-order valence-corrected chi connectivity index (χ2v) is 4.94. The summed E-state index contributed by atoms with van der Waals surface area (Å²) in [5.41, 5.74) is 1.38. The average Bonchev–Trinajstić information content (AvgIpc) is 2.96. The number of hydrogen-bond acceptors (Lipinski definition) is 4. The highest BCUT2D eigenvalue weighted by atomic mass is 32.1. The molecule has 0 fully saturated rings. The van der Waals surface area contributed by atoms with Crippen LogP contribution < -0.4 is 0 Å². The van der Waals surface area contributed by atoms with Crippen LogP contribution >= 0.6 is 11.3 Å². The summed E-state index contributed by atoms with van der Waals surface area (Å²) in [6, 6.07) is 11.1. The Hall–Kier alpha value is -1.94. The van der Waals surface area contributed by atoms with Gasteiger partial charge >= 0.3 is 5.97 Å². The molecule has 0 spiro atoms. The first-order valence-electron chi connectivity index (χ1n) is 6.14. The maximum absolute atomic E-state index is 11.6. The van der Waals surface area contributed by atoms with Crippen LogP contribution in [0.5, 0.6) is 0 Å². The van der Waals surface area contributed by atoms with Gasteiger partial charge in [0.25, 0.3) is 0 Å². The number of benzene rings is 1. The maximum atomic E-state index is 11.6. The number of hydrogen-bond donors (Lipinski definition) is 0. The maximum Gasteiger partial charge on any atom is 0.338 e. The van der Waals surface area contributed by atoms with E-state index in [1.807, 2.05) is 42.8 Å². The largest absolute Gasteiger partial charge is 0.462 e. The highest BCUT2D eigenvalue weighted by Crippen LogP contribution is 2.15. The van der Waals surface area contributed by atoms with Crippen molar-refractivity contribution in [3.05, 3.63) is 52.2 Å². The zero-order valence-corrected chi connectivity index (χ0v) is 11.5. The van der Waals surface area contributed by atoms with Gasteiger partial charge in [-0.15, -0.1) is 11.3 Å². The predicted molar refractivity (Wildman–Crippen MR) is 78.6 cm³/mol. The highest BCUT2D eigenvalue weighted by Gasteiger charge is 2.05. The molecule has 0 N–H and O–H groups in total. The number of carbonyl (C=O) groups excluding carboxylic acids is 1. The van der Waals surface area contributed by atoms with Crippen molar-refractivity contribution in [2.45, 2.75) is 13.3 Å². The van der Waals surface area contributed by atoms with E-state index in [0.29, 0.717) is 12.2 Å². The molecule has 3 nitrogen and oxygen atoms in total. The van der Waals surface area contributed by atoms with Crippen LogP contribution in [0.2, 0.25) is 0 Å². The van der Waals surface area contributed by atoms with Crippen molar-refractivity contribution in [3.8, 4) is 0 Å². The molecule has 98 valence electrons. The minimum Gasteiger partial charge on any atom is -0.462 e. The Morgan fingerprint density at radius 3 is 2.74 bits per heavy atom. The lowest BCUT2D eigenvalue weighted by Crippen LogP contribution is -2.05. The number of rotatable bonds is 5. The second kappa shape index (κ2) is 6.85. The zero-order valence-electron chi connectivity index (χ0n) is 10.7. The summed E-state index contributed by atoms with van der Waals surface area (Å²) < 4.78 is 5.06. The monoisotopic (exact) mass is 273 g/mol. The summed E-state index contributed by atoms with van der Waals surface area (Å²) in [6.45, 7) is 2.42. The van der Waals surface area contributed by atoms with Gasteiger partial charge in [0.05, 0.1) is 17.9 Å². The quantitative estimate of drug-likeness (QED) is 0.608. The van der Waals surface area contributed by atoms with E-state index in [-0.39, 0.29) is 5.97 Å². The molecule has 1 aromatic carbocycles. The second-order valence-electron chi connectivity index (χ2n) is 3.96. The van der Waals surface area contributed by atoms with Gasteiger partial charge in [0.15, 0.2) is 0 Å². The Bertz CT molecular complexity index is 544. The molecule has 1 heterocycles. The molecule has 0 aliphatic heterocycles. The molecule has 0 aliphatic rings. The van der Waals surface area contributed by atoms with Crippen molar-refractivity contribution < 1.29 is 9.53 Å². The van der Waals surface area contributed by atoms with E-state index in [2.05, 4.69) is 4.99 Å². The van der Waals surface area contributed by atoms with Crippen LogP contribution in [0.25, 0.3) is 0 Å². The third-order valence-corrected chi connectivity index (χ3v) is 3.23. The normalized spacial score (nSPS) is 10.8. The van der Waals surface area contributed by atoms with Gasteiger partial charge in [0.2, 0.25) is 0 Å². The molecule has 0 amide bonds. The van der Waals surface area contributed by atoms with Crippen molar-refractivity contribution >= 4 is 29.2 Å². The number of nitrogens with zero attached hydrogens (tertiary/aromatic N) is 1. The van der Waals surface area contributed by atoms with Gasteiger partial charge in [-0.05, 0) is 42.1 Å². The van der Waals surface area contributed by atoms with E-state index in [1.165, 1.54) is 0 Å². The van der Waals surface area contributed by atoms with Crippen LogP contribution in [0.1, 0.15) is 28.6 Å². The first-order valence-corrected chi connectivity index (χ1v) is 7.02. The van der Waals surface area contributed by atoms with Gasteiger partial charge in [-0.3, -0.25) is 4.99 Å². The van der Waals surface area contributed by atoms with Crippen molar-refractivity contribution in [3.63, 3.8) is 0 Å². The van der Waals surface area contributed by atoms with Crippen molar-refractivity contribution in [2.75, 3.05) is 6.61 Å². The fourth-order valence-corrected chi connectivity index (χ4v) is 2.05. The third kappa shape index (κ3) is 4.03. The van der Waals surface area contributed by atoms with E-state index in [4.69, 9.17) is 4.74 Å². The van der Waals surface area contributed by atoms with E-state index < -0.39 is 0 Å². The Morgan fingerprint density at radius 2 is 2.11 bits per heavy atom. The Kier molecular flexibility index (Phi) is 4.86. The molecule has 0 aliphatic carbocycles. The van der Waals surface area contributed by atoms with Crippen molar-refractivity contribution in [1.82, 2.24) is 0 Å². The van der Waals surface area contributed by atoms with Gasteiger partial charge in [0, 0.05) is 11.1 Å². The molecule has 0 saturated carbocycles. The smallest absolute Gasteiger partial charge is 0.338 e. The molecule has 2 rings (SSSR count). The third-order valence-electron chi connectivity index (χ3n) is 2.42. The van der Waals surface area contributed by atoms with Crippen molar-refractivity contribution in [1.29, 1.82) is 0 Å². The minimum absolute atomic E-state index is 0.282. The molecule has 0 radical (unpaired) electrons. The number of esters is 1. The fraction of sp³-hybridized carbons (Fsp3) is 0.200. The Morgan fingerprint density at radius 1 is 1.32 bits per heavy atom. The van der Waals surface area contributed by atoms with Gasteiger partial charge in [-0.2, -0.15) is 0 Å². The van der Waals surface area contributed by atoms with Crippen LogP contribution in [0, 0.1) is 0 Å². The number of aliphatic imine (C=N–C) groups is 1. The van der Waals surface area contributed by atoms with Crippen LogP contribution in [0.4, 0.5) is 5.69 Å². The molecule has 19 heavy (non-hydrogen) atoms. The van der Waals surface area contributed by atoms with Crippen LogP contribution in [-0.2, 0) is 4.74 Å². The molecule has 0 unspecified atom stereocenters. The van der Waals surface area contributed by atoms with Crippen molar-refractivity contribution in [2.24, 2.45) is 4.99 Å². The summed E-state index contributed by atoms with van der Waals surface area (Å²) in [5, 5.41) is 2.01. The molecule has 4 heteroatoms. The Labute approximate surface area is 116 Å². The average molecular weight is 273 g/mol. The molecular weight excluding hydrogens is 258 g/mol. The first-order chi connectivity index (χ1) is 9.29. The number of carbonyl (C=O) groups is 1. The van der Waals surface area contributed by atoms with E-state index in [0.717, 1.165) is 17.0 Å². The first kappa shape index (κ1) is 13.5. The standard InChI is InChI=1S/C15H15NO2S/c1-2-9-18-15(17)12-5-7-13(8-6-12)16-11-14-4-3-10-19-14/h3-8,10-11H,2,9H2,1H3. The molecule has 0 atom stereocenters. The summed E-state index contributed by atoms with van der Waals surface area (Å²) in [5.74, 6) is -0.282. The SMILES string of the molecule is CCCOC(=O)c1ccc(N=Cc2cccs2)cc1.